The predicted molar refractivity (Wildman–Crippen MR) is 92.1 cm³/mol. The Morgan fingerprint density at radius 3 is 2.70 bits per heavy atom. The van der Waals surface area contributed by atoms with E-state index in [0.29, 0.717) is 0 Å². The number of hydrogen-bond donors (Lipinski definition) is 1. The molecule has 0 radical (unpaired) electrons. The van der Waals surface area contributed by atoms with Crippen LogP contribution in [-0.4, -0.2) is 13.0 Å². The van der Waals surface area contributed by atoms with E-state index in [2.05, 4.69) is 17.4 Å². The first-order valence-electron chi connectivity index (χ1n) is 8.15. The van der Waals surface area contributed by atoms with Crippen molar-refractivity contribution in [1.29, 1.82) is 0 Å². The Hall–Kier alpha value is -2.29. The van der Waals surface area contributed by atoms with E-state index < -0.39 is 0 Å². The lowest BCUT2D eigenvalue weighted by atomic mass is 10.0. The van der Waals surface area contributed by atoms with Crippen LogP contribution in [-0.2, 0) is 12.8 Å². The normalized spacial score (nSPS) is 14.2. The average molecular weight is 309 g/mol. The second-order valence-electron chi connectivity index (χ2n) is 6.28. The average Bonchev–Trinajstić information content (AvgIpc) is 3.02. The lowest BCUT2D eigenvalue weighted by Gasteiger charge is -2.18. The molecule has 2 aromatic rings. The lowest BCUT2D eigenvalue weighted by molar-refractivity contribution is 0.0939. The van der Waals surface area contributed by atoms with Crippen LogP contribution in [0.1, 0.15) is 52.0 Å². The van der Waals surface area contributed by atoms with E-state index in [9.17, 15) is 4.79 Å². The number of aryl methyl sites for hydroxylation is 3. The molecule has 0 saturated heterocycles. The van der Waals surface area contributed by atoms with Crippen molar-refractivity contribution >= 4 is 5.91 Å². The molecule has 1 atom stereocenters. The SMILES string of the molecule is COc1ccc(C)cc1[C@@H](C)NC(=O)c1ccc2c(c1)CCC2. The summed E-state index contributed by atoms with van der Waals surface area (Å²) in [4.78, 5) is 12.6. The van der Waals surface area contributed by atoms with E-state index in [1.807, 2.05) is 38.1 Å². The summed E-state index contributed by atoms with van der Waals surface area (Å²) in [5.41, 5.74) is 5.60. The van der Waals surface area contributed by atoms with Gasteiger partial charge in [-0.3, -0.25) is 4.79 Å². The van der Waals surface area contributed by atoms with Gasteiger partial charge in [-0.25, -0.2) is 0 Å². The molecule has 3 rings (SSSR count). The molecule has 0 saturated carbocycles. The zero-order valence-electron chi connectivity index (χ0n) is 14.0. The highest BCUT2D eigenvalue weighted by Gasteiger charge is 2.17. The Labute approximate surface area is 137 Å². The van der Waals surface area contributed by atoms with Crippen LogP contribution in [0.2, 0.25) is 0 Å². The minimum absolute atomic E-state index is 0.0317. The number of nitrogens with one attached hydrogen (secondary N) is 1. The first-order valence-corrected chi connectivity index (χ1v) is 8.15. The lowest BCUT2D eigenvalue weighted by Crippen LogP contribution is -2.27. The van der Waals surface area contributed by atoms with Crippen LogP contribution < -0.4 is 10.1 Å². The third-order valence-electron chi connectivity index (χ3n) is 4.56. The van der Waals surface area contributed by atoms with Crippen molar-refractivity contribution in [3.8, 4) is 5.75 Å². The Bertz CT molecular complexity index is 736. The van der Waals surface area contributed by atoms with Gasteiger partial charge >= 0.3 is 0 Å². The molecule has 0 aromatic heterocycles. The van der Waals surface area contributed by atoms with Gasteiger partial charge in [0.05, 0.1) is 13.2 Å². The highest BCUT2D eigenvalue weighted by molar-refractivity contribution is 5.94. The Morgan fingerprint density at radius 1 is 1.13 bits per heavy atom. The zero-order valence-corrected chi connectivity index (χ0v) is 14.0. The molecule has 3 heteroatoms. The summed E-state index contributed by atoms with van der Waals surface area (Å²) in [5, 5.41) is 3.09. The number of benzene rings is 2. The molecule has 2 aromatic carbocycles. The van der Waals surface area contributed by atoms with Gasteiger partial charge in [0.2, 0.25) is 0 Å². The van der Waals surface area contributed by atoms with Gasteiger partial charge in [0.1, 0.15) is 5.75 Å². The van der Waals surface area contributed by atoms with E-state index in [-0.39, 0.29) is 11.9 Å². The van der Waals surface area contributed by atoms with Crippen LogP contribution in [0.5, 0.6) is 5.75 Å². The van der Waals surface area contributed by atoms with E-state index in [0.717, 1.165) is 35.3 Å². The quantitative estimate of drug-likeness (QED) is 0.927. The molecule has 1 aliphatic carbocycles. The number of hydrogen-bond acceptors (Lipinski definition) is 2. The highest BCUT2D eigenvalue weighted by atomic mass is 16.5. The van der Waals surface area contributed by atoms with Gasteiger partial charge in [0, 0.05) is 11.1 Å². The Kier molecular flexibility index (Phi) is 4.37. The molecule has 3 nitrogen and oxygen atoms in total. The highest BCUT2D eigenvalue weighted by Crippen LogP contribution is 2.27. The topological polar surface area (TPSA) is 38.3 Å². The number of ether oxygens (including phenoxy) is 1. The van der Waals surface area contributed by atoms with E-state index in [1.165, 1.54) is 17.5 Å². The summed E-state index contributed by atoms with van der Waals surface area (Å²) < 4.78 is 5.42. The Balaban J connectivity index is 1.78. The number of amides is 1. The molecular weight excluding hydrogens is 286 g/mol. The van der Waals surface area contributed by atoms with Gasteiger partial charge in [-0.15, -0.1) is 0 Å². The maximum Gasteiger partial charge on any atom is 0.251 e. The number of carbonyl (C=O) groups is 1. The number of methoxy groups -OCH3 is 1. The van der Waals surface area contributed by atoms with Crippen LogP contribution in [0.4, 0.5) is 0 Å². The van der Waals surface area contributed by atoms with Gasteiger partial charge in [-0.2, -0.15) is 0 Å². The monoisotopic (exact) mass is 309 g/mol. The molecule has 0 aliphatic heterocycles. The zero-order chi connectivity index (χ0) is 16.4. The molecule has 0 bridgehead atoms. The van der Waals surface area contributed by atoms with Crippen LogP contribution in [0.25, 0.3) is 0 Å². The maximum atomic E-state index is 12.6. The van der Waals surface area contributed by atoms with Crippen molar-refractivity contribution in [3.63, 3.8) is 0 Å². The fraction of sp³-hybridized carbons (Fsp3) is 0.350. The van der Waals surface area contributed by atoms with E-state index in [4.69, 9.17) is 4.74 Å². The minimum Gasteiger partial charge on any atom is -0.496 e. The molecule has 23 heavy (non-hydrogen) atoms. The molecule has 0 fully saturated rings. The summed E-state index contributed by atoms with van der Waals surface area (Å²) in [5.74, 6) is 0.771. The van der Waals surface area contributed by atoms with Gasteiger partial charge in [0.15, 0.2) is 0 Å². The second kappa shape index (κ2) is 6.45. The fourth-order valence-corrected chi connectivity index (χ4v) is 3.26. The van der Waals surface area contributed by atoms with Gasteiger partial charge in [-0.05, 0) is 62.4 Å². The molecule has 120 valence electrons. The van der Waals surface area contributed by atoms with Crippen molar-refractivity contribution in [1.82, 2.24) is 5.32 Å². The van der Waals surface area contributed by atoms with E-state index >= 15 is 0 Å². The maximum absolute atomic E-state index is 12.6. The van der Waals surface area contributed by atoms with Crippen LogP contribution in [0, 0.1) is 6.92 Å². The van der Waals surface area contributed by atoms with Crippen LogP contribution >= 0.6 is 0 Å². The smallest absolute Gasteiger partial charge is 0.251 e. The molecule has 1 N–H and O–H groups in total. The van der Waals surface area contributed by atoms with Crippen molar-refractivity contribution in [3.05, 3.63) is 64.2 Å². The van der Waals surface area contributed by atoms with Crippen LogP contribution in [0.15, 0.2) is 36.4 Å². The summed E-state index contributed by atoms with van der Waals surface area (Å²) in [7, 11) is 1.66. The van der Waals surface area contributed by atoms with E-state index in [1.54, 1.807) is 7.11 Å². The molecular formula is C20H23NO2. The summed E-state index contributed by atoms with van der Waals surface area (Å²) >= 11 is 0. The summed E-state index contributed by atoms with van der Waals surface area (Å²) in [6.45, 7) is 4.03. The standard InChI is InChI=1S/C20H23NO2/c1-13-7-10-19(23-3)18(11-13)14(2)21-20(22)17-9-8-15-5-4-6-16(15)12-17/h7-12,14H,4-6H2,1-3H3,(H,21,22)/t14-/m1/s1. The van der Waals surface area contributed by atoms with Crippen molar-refractivity contribution < 1.29 is 9.53 Å². The minimum atomic E-state index is -0.106. The van der Waals surface area contributed by atoms with Crippen molar-refractivity contribution in [2.45, 2.75) is 39.2 Å². The van der Waals surface area contributed by atoms with Crippen LogP contribution in [0.3, 0.4) is 0 Å². The number of fused-ring (bicyclic) bond motifs is 1. The van der Waals surface area contributed by atoms with Gasteiger partial charge in [-0.1, -0.05) is 23.8 Å². The fourth-order valence-electron chi connectivity index (χ4n) is 3.26. The van der Waals surface area contributed by atoms with Crippen molar-refractivity contribution in [2.24, 2.45) is 0 Å². The predicted octanol–water partition coefficient (Wildman–Crippen LogP) is 3.98. The first kappa shape index (κ1) is 15.6. The molecule has 0 unspecified atom stereocenters. The third kappa shape index (κ3) is 3.24. The second-order valence-corrected chi connectivity index (χ2v) is 6.28. The number of carbonyl (C=O) groups excluding carboxylic acids is 1. The van der Waals surface area contributed by atoms with Crippen molar-refractivity contribution in [2.75, 3.05) is 7.11 Å². The Morgan fingerprint density at radius 2 is 1.91 bits per heavy atom. The molecule has 1 amide bonds. The molecule has 0 spiro atoms. The third-order valence-corrected chi connectivity index (χ3v) is 4.56. The molecule has 1 aliphatic rings. The van der Waals surface area contributed by atoms with Gasteiger partial charge in [0.25, 0.3) is 5.91 Å². The summed E-state index contributed by atoms with van der Waals surface area (Å²) in [6.07, 6.45) is 3.41. The summed E-state index contributed by atoms with van der Waals surface area (Å²) in [6, 6.07) is 12.0. The number of rotatable bonds is 4. The largest absolute Gasteiger partial charge is 0.496 e. The van der Waals surface area contributed by atoms with Gasteiger partial charge < -0.3 is 10.1 Å². The molecule has 0 heterocycles. The first-order chi connectivity index (χ1) is 11.1.